The third-order valence-electron chi connectivity index (χ3n) is 5.41. The van der Waals surface area contributed by atoms with Gasteiger partial charge in [0, 0.05) is 33.2 Å². The molecule has 1 aliphatic heterocycles. The average molecular weight is 407 g/mol. The number of aliphatic hydroxyl groups excluding tert-OH is 1. The molecule has 0 spiro atoms. The molecule has 7 nitrogen and oxygen atoms in total. The summed E-state index contributed by atoms with van der Waals surface area (Å²) in [5, 5.41) is 11.3. The number of carbonyl (C=O) groups is 1. The number of likely N-dealkylation sites (tertiary alicyclic amines) is 1. The highest BCUT2D eigenvalue weighted by atomic mass is 32.2. The van der Waals surface area contributed by atoms with Gasteiger partial charge in [-0.3, -0.25) is 4.79 Å². The summed E-state index contributed by atoms with van der Waals surface area (Å²) in [6.45, 7) is 0.951. The molecule has 28 heavy (non-hydrogen) atoms. The van der Waals surface area contributed by atoms with Gasteiger partial charge >= 0.3 is 0 Å². The smallest absolute Gasteiger partial charge is 0.240 e. The summed E-state index contributed by atoms with van der Waals surface area (Å²) >= 11 is 0. The van der Waals surface area contributed by atoms with Crippen LogP contribution in [0.4, 0.5) is 0 Å². The SMILES string of the molecule is COC1(CO)CCN(C(=O)CCNS(=O)(=O)c2ccc3ccccc3c2)CC1. The molecule has 152 valence electrons. The van der Waals surface area contributed by atoms with Crippen molar-refractivity contribution >= 4 is 26.7 Å². The first-order chi connectivity index (χ1) is 13.4. The number of carbonyl (C=O) groups excluding carboxylic acids is 1. The van der Waals surface area contributed by atoms with Crippen LogP contribution in [0.2, 0.25) is 0 Å². The monoisotopic (exact) mass is 406 g/mol. The predicted molar refractivity (Wildman–Crippen MR) is 106 cm³/mol. The Bertz CT molecular complexity index is 931. The van der Waals surface area contributed by atoms with Crippen LogP contribution in [-0.4, -0.2) is 63.3 Å². The number of rotatable bonds is 7. The summed E-state index contributed by atoms with van der Waals surface area (Å²) in [5.41, 5.74) is -0.575. The molecule has 0 bridgehead atoms. The molecule has 3 rings (SSSR count). The highest BCUT2D eigenvalue weighted by molar-refractivity contribution is 7.89. The predicted octanol–water partition coefficient (Wildman–Crippen LogP) is 1.51. The summed E-state index contributed by atoms with van der Waals surface area (Å²) in [4.78, 5) is 14.2. The molecule has 2 aromatic rings. The van der Waals surface area contributed by atoms with Crippen molar-refractivity contribution < 1.29 is 23.1 Å². The second kappa shape index (κ2) is 8.57. The van der Waals surface area contributed by atoms with E-state index in [9.17, 15) is 18.3 Å². The average Bonchev–Trinajstić information content (AvgIpc) is 2.73. The molecule has 8 heteroatoms. The Morgan fingerprint density at radius 2 is 1.86 bits per heavy atom. The zero-order valence-corrected chi connectivity index (χ0v) is 16.7. The largest absolute Gasteiger partial charge is 0.393 e. The third kappa shape index (κ3) is 4.52. The normalized spacial score (nSPS) is 17.0. The van der Waals surface area contributed by atoms with Gasteiger partial charge < -0.3 is 14.7 Å². The first kappa shape index (κ1) is 20.7. The van der Waals surface area contributed by atoms with Gasteiger partial charge in [-0.25, -0.2) is 13.1 Å². The van der Waals surface area contributed by atoms with E-state index < -0.39 is 15.6 Å². The highest BCUT2D eigenvalue weighted by Crippen LogP contribution is 2.25. The molecule has 0 unspecified atom stereocenters. The minimum atomic E-state index is -3.68. The number of sulfonamides is 1. The van der Waals surface area contributed by atoms with Crippen LogP contribution in [0.15, 0.2) is 47.4 Å². The third-order valence-corrected chi connectivity index (χ3v) is 6.87. The number of methoxy groups -OCH3 is 1. The van der Waals surface area contributed by atoms with E-state index in [1.54, 1.807) is 30.2 Å². The molecule has 0 atom stereocenters. The van der Waals surface area contributed by atoms with Gasteiger partial charge in [-0.1, -0.05) is 30.3 Å². The number of piperidine rings is 1. The molecule has 1 heterocycles. The van der Waals surface area contributed by atoms with Crippen LogP contribution in [0, 0.1) is 0 Å². The minimum Gasteiger partial charge on any atom is -0.393 e. The van der Waals surface area contributed by atoms with E-state index in [-0.39, 0.29) is 30.4 Å². The highest BCUT2D eigenvalue weighted by Gasteiger charge is 2.35. The molecule has 1 saturated heterocycles. The number of aliphatic hydroxyl groups is 1. The zero-order chi connectivity index (χ0) is 20.2. The molecule has 0 radical (unpaired) electrons. The number of ether oxygens (including phenoxy) is 1. The Kier molecular flexibility index (Phi) is 6.34. The fourth-order valence-corrected chi connectivity index (χ4v) is 4.53. The van der Waals surface area contributed by atoms with Gasteiger partial charge in [-0.15, -0.1) is 0 Å². The lowest BCUT2D eigenvalue weighted by Crippen LogP contribution is -2.50. The van der Waals surface area contributed by atoms with Crippen molar-refractivity contribution in [3.05, 3.63) is 42.5 Å². The van der Waals surface area contributed by atoms with Crippen LogP contribution in [0.5, 0.6) is 0 Å². The van der Waals surface area contributed by atoms with Crippen molar-refractivity contribution in [3.63, 3.8) is 0 Å². The van der Waals surface area contributed by atoms with Crippen LogP contribution in [0.3, 0.4) is 0 Å². The van der Waals surface area contributed by atoms with Gasteiger partial charge in [0.1, 0.15) is 0 Å². The van der Waals surface area contributed by atoms with Gasteiger partial charge in [0.05, 0.1) is 17.1 Å². The minimum absolute atomic E-state index is 0.0416. The van der Waals surface area contributed by atoms with Gasteiger partial charge in [0.2, 0.25) is 15.9 Å². The maximum absolute atomic E-state index is 12.5. The van der Waals surface area contributed by atoms with Crippen LogP contribution >= 0.6 is 0 Å². The molecular weight excluding hydrogens is 380 g/mol. The first-order valence-electron chi connectivity index (χ1n) is 9.31. The Morgan fingerprint density at radius 3 is 2.50 bits per heavy atom. The molecule has 2 N–H and O–H groups in total. The molecule has 0 aromatic heterocycles. The van der Waals surface area contributed by atoms with E-state index in [1.807, 2.05) is 24.3 Å². The van der Waals surface area contributed by atoms with E-state index in [0.29, 0.717) is 25.9 Å². The van der Waals surface area contributed by atoms with E-state index in [4.69, 9.17) is 4.74 Å². The van der Waals surface area contributed by atoms with Gasteiger partial charge in [0.15, 0.2) is 0 Å². The first-order valence-corrected chi connectivity index (χ1v) is 10.8. The molecule has 1 amide bonds. The van der Waals surface area contributed by atoms with Gasteiger partial charge in [-0.05, 0) is 35.7 Å². The standard InChI is InChI=1S/C20H26N2O5S/c1-27-20(15-23)9-12-22(13-10-20)19(24)8-11-21-28(25,26)18-7-6-16-4-2-3-5-17(16)14-18/h2-7,14,21,23H,8-13,15H2,1H3. The molecule has 1 aliphatic rings. The Morgan fingerprint density at radius 1 is 1.18 bits per heavy atom. The number of hydrogen-bond acceptors (Lipinski definition) is 5. The second-order valence-electron chi connectivity index (χ2n) is 7.08. The summed E-state index contributed by atoms with van der Waals surface area (Å²) in [6, 6.07) is 12.5. The summed E-state index contributed by atoms with van der Waals surface area (Å²) in [7, 11) is -2.11. The quantitative estimate of drug-likeness (QED) is 0.727. The number of nitrogens with zero attached hydrogens (tertiary/aromatic N) is 1. The van der Waals surface area contributed by atoms with E-state index in [0.717, 1.165) is 10.8 Å². The summed E-state index contributed by atoms with van der Waals surface area (Å²) in [5.74, 6) is -0.108. The topological polar surface area (TPSA) is 95.9 Å². The fourth-order valence-electron chi connectivity index (χ4n) is 3.46. The Balaban J connectivity index is 1.54. The summed E-state index contributed by atoms with van der Waals surface area (Å²) in [6.07, 6.45) is 1.22. The molecule has 2 aromatic carbocycles. The maximum Gasteiger partial charge on any atom is 0.240 e. The van der Waals surface area contributed by atoms with Gasteiger partial charge in [0.25, 0.3) is 0 Å². The number of fused-ring (bicyclic) bond motifs is 1. The van der Waals surface area contributed by atoms with E-state index in [1.165, 1.54) is 0 Å². The number of amides is 1. The number of nitrogens with one attached hydrogen (secondary N) is 1. The van der Waals surface area contributed by atoms with Crippen LogP contribution in [0.25, 0.3) is 10.8 Å². The lowest BCUT2D eigenvalue weighted by molar-refractivity contribution is -0.139. The van der Waals surface area contributed by atoms with Crippen molar-refractivity contribution in [1.29, 1.82) is 0 Å². The Hall–Kier alpha value is -2.00. The van der Waals surface area contributed by atoms with Crippen LogP contribution in [-0.2, 0) is 19.6 Å². The lowest BCUT2D eigenvalue weighted by atomic mass is 9.92. The van der Waals surface area contributed by atoms with E-state index >= 15 is 0 Å². The van der Waals surface area contributed by atoms with Gasteiger partial charge in [-0.2, -0.15) is 0 Å². The van der Waals surface area contributed by atoms with Crippen LogP contribution in [0.1, 0.15) is 19.3 Å². The lowest BCUT2D eigenvalue weighted by Gasteiger charge is -2.39. The fraction of sp³-hybridized carbons (Fsp3) is 0.450. The maximum atomic E-state index is 12.5. The molecule has 1 fully saturated rings. The van der Waals surface area contributed by atoms with Crippen molar-refractivity contribution in [3.8, 4) is 0 Å². The summed E-state index contributed by atoms with van der Waals surface area (Å²) < 4.78 is 32.9. The number of benzene rings is 2. The molecule has 0 aliphatic carbocycles. The van der Waals surface area contributed by atoms with E-state index in [2.05, 4.69) is 4.72 Å². The van der Waals surface area contributed by atoms with Crippen LogP contribution < -0.4 is 4.72 Å². The Labute approximate surface area is 165 Å². The number of hydrogen-bond donors (Lipinski definition) is 2. The zero-order valence-electron chi connectivity index (χ0n) is 15.9. The van der Waals surface area contributed by atoms with Crippen molar-refractivity contribution in [2.45, 2.75) is 29.8 Å². The van der Waals surface area contributed by atoms with Crippen molar-refractivity contribution in [1.82, 2.24) is 9.62 Å². The molecule has 0 saturated carbocycles. The molecular formula is C20H26N2O5S. The van der Waals surface area contributed by atoms with Crippen molar-refractivity contribution in [2.75, 3.05) is 33.4 Å². The van der Waals surface area contributed by atoms with Crippen molar-refractivity contribution in [2.24, 2.45) is 0 Å². The second-order valence-corrected chi connectivity index (χ2v) is 8.85.